The van der Waals surface area contributed by atoms with Gasteiger partial charge in [0.2, 0.25) is 0 Å². The summed E-state index contributed by atoms with van der Waals surface area (Å²) >= 11 is 5.98. The van der Waals surface area contributed by atoms with E-state index < -0.39 is 0 Å². The quantitative estimate of drug-likeness (QED) is 0.588. The molecular formula is C9H9ClO. The molecule has 1 aliphatic heterocycles. The number of hydrogen-bond acceptors (Lipinski definition) is 1. The van der Waals surface area contributed by atoms with E-state index in [0.717, 1.165) is 17.2 Å². The molecule has 1 heterocycles. The molecule has 0 radical (unpaired) electrons. The Hall–Kier alpha value is -0.530. The highest BCUT2D eigenvalue weighted by atomic mass is 35.5. The molecule has 0 aromatic heterocycles. The van der Waals surface area contributed by atoms with E-state index in [1.165, 1.54) is 5.56 Å². The summed E-state index contributed by atoms with van der Waals surface area (Å²) in [5.41, 5.74) is 2.38. The van der Waals surface area contributed by atoms with Crippen molar-refractivity contribution in [2.75, 3.05) is 6.61 Å². The number of ether oxygens (including phenoxy) is 1. The van der Waals surface area contributed by atoms with Crippen LogP contribution in [0.1, 0.15) is 17.2 Å². The van der Waals surface area contributed by atoms with Gasteiger partial charge >= 0.3 is 0 Å². The molecule has 0 spiro atoms. The van der Waals surface area contributed by atoms with Crippen LogP contribution in [0.3, 0.4) is 0 Å². The molecule has 1 aromatic rings. The summed E-state index contributed by atoms with van der Waals surface area (Å²) in [5.74, 6) is 0. The van der Waals surface area contributed by atoms with Crippen LogP contribution in [0.5, 0.6) is 0 Å². The molecule has 0 amide bonds. The predicted octanol–water partition coefficient (Wildman–Crippen LogP) is 2.72. The molecule has 0 saturated carbocycles. The lowest BCUT2D eigenvalue weighted by Gasteiger charge is -2.02. The molecule has 1 aliphatic rings. The smallest absolute Gasteiger partial charge is 0.108 e. The number of benzene rings is 1. The highest BCUT2D eigenvalue weighted by molar-refractivity contribution is 6.31. The van der Waals surface area contributed by atoms with E-state index in [0.29, 0.717) is 0 Å². The average Bonchev–Trinajstić information content (AvgIpc) is 2.70. The highest BCUT2D eigenvalue weighted by Gasteiger charge is 2.28. The van der Waals surface area contributed by atoms with Crippen LogP contribution in [-0.4, -0.2) is 6.61 Å². The molecule has 1 aromatic carbocycles. The minimum atomic E-state index is 0.267. The van der Waals surface area contributed by atoms with Gasteiger partial charge in [0.05, 0.1) is 6.61 Å². The van der Waals surface area contributed by atoms with Crippen LogP contribution < -0.4 is 0 Å². The van der Waals surface area contributed by atoms with Gasteiger partial charge in [-0.1, -0.05) is 23.7 Å². The van der Waals surface area contributed by atoms with Gasteiger partial charge in [-0.2, -0.15) is 0 Å². The average molecular weight is 169 g/mol. The molecule has 1 saturated heterocycles. The van der Waals surface area contributed by atoms with Crippen molar-refractivity contribution in [1.82, 2.24) is 0 Å². The van der Waals surface area contributed by atoms with Gasteiger partial charge in [-0.25, -0.2) is 0 Å². The number of rotatable bonds is 1. The van der Waals surface area contributed by atoms with Crippen LogP contribution in [0.15, 0.2) is 18.2 Å². The van der Waals surface area contributed by atoms with E-state index in [-0.39, 0.29) is 6.10 Å². The van der Waals surface area contributed by atoms with Gasteiger partial charge in [0.1, 0.15) is 6.10 Å². The maximum atomic E-state index is 5.98. The van der Waals surface area contributed by atoms with Crippen LogP contribution in [0.25, 0.3) is 0 Å². The van der Waals surface area contributed by atoms with Crippen LogP contribution in [0.2, 0.25) is 5.02 Å². The maximum Gasteiger partial charge on any atom is 0.108 e. The molecule has 0 unspecified atom stereocenters. The fourth-order valence-electron chi connectivity index (χ4n) is 1.27. The Bertz CT molecular complexity index is 259. The molecule has 2 rings (SSSR count). The van der Waals surface area contributed by atoms with Crippen molar-refractivity contribution < 1.29 is 4.74 Å². The van der Waals surface area contributed by atoms with Crippen LogP contribution in [0, 0.1) is 6.92 Å². The Kier molecular flexibility index (Phi) is 1.63. The fraction of sp³-hybridized carbons (Fsp3) is 0.333. The van der Waals surface area contributed by atoms with Crippen molar-refractivity contribution in [2.24, 2.45) is 0 Å². The maximum absolute atomic E-state index is 5.98. The van der Waals surface area contributed by atoms with Crippen LogP contribution in [-0.2, 0) is 4.74 Å². The third-order valence-electron chi connectivity index (χ3n) is 1.93. The summed E-state index contributed by atoms with van der Waals surface area (Å²) in [6.07, 6.45) is 0.267. The second-order valence-electron chi connectivity index (χ2n) is 2.79. The second-order valence-corrected chi connectivity index (χ2v) is 3.20. The fourth-order valence-corrected chi connectivity index (χ4v) is 1.61. The Morgan fingerprint density at radius 1 is 1.55 bits per heavy atom. The highest BCUT2D eigenvalue weighted by Crippen LogP contribution is 2.36. The SMILES string of the molecule is Cc1cccc(Cl)c1[C@H]1CO1. The Labute approximate surface area is 70.9 Å². The Morgan fingerprint density at radius 3 is 2.82 bits per heavy atom. The topological polar surface area (TPSA) is 12.5 Å². The van der Waals surface area contributed by atoms with E-state index in [4.69, 9.17) is 16.3 Å². The second kappa shape index (κ2) is 2.50. The minimum absolute atomic E-state index is 0.267. The molecule has 0 aliphatic carbocycles. The van der Waals surface area contributed by atoms with E-state index in [2.05, 4.69) is 13.0 Å². The summed E-state index contributed by atoms with van der Waals surface area (Å²) in [6, 6.07) is 5.93. The molecule has 1 nitrogen and oxygen atoms in total. The zero-order valence-corrected chi connectivity index (χ0v) is 7.06. The summed E-state index contributed by atoms with van der Waals surface area (Å²) < 4.78 is 5.17. The standard InChI is InChI=1S/C9H9ClO/c1-6-3-2-4-7(10)9(6)8-5-11-8/h2-4,8H,5H2,1H3/t8-/m1/s1. The Balaban J connectivity index is 2.48. The van der Waals surface area contributed by atoms with E-state index >= 15 is 0 Å². The van der Waals surface area contributed by atoms with Gasteiger partial charge in [-0.05, 0) is 18.6 Å². The third-order valence-corrected chi connectivity index (χ3v) is 2.26. The van der Waals surface area contributed by atoms with Gasteiger partial charge in [0, 0.05) is 10.6 Å². The molecule has 1 fully saturated rings. The minimum Gasteiger partial charge on any atom is -0.368 e. The van der Waals surface area contributed by atoms with E-state index in [9.17, 15) is 0 Å². The lowest BCUT2D eigenvalue weighted by Crippen LogP contribution is -1.87. The molecule has 2 heteroatoms. The first kappa shape index (κ1) is 7.14. The van der Waals surface area contributed by atoms with Gasteiger partial charge in [-0.15, -0.1) is 0 Å². The first-order chi connectivity index (χ1) is 5.29. The summed E-state index contributed by atoms with van der Waals surface area (Å²) in [6.45, 7) is 2.88. The van der Waals surface area contributed by atoms with Crippen molar-refractivity contribution >= 4 is 11.6 Å². The van der Waals surface area contributed by atoms with Gasteiger partial charge in [0.25, 0.3) is 0 Å². The largest absolute Gasteiger partial charge is 0.368 e. The van der Waals surface area contributed by atoms with Crippen molar-refractivity contribution in [3.8, 4) is 0 Å². The number of aryl methyl sites for hydroxylation is 1. The van der Waals surface area contributed by atoms with Crippen LogP contribution >= 0.6 is 11.6 Å². The normalized spacial score (nSPS) is 21.8. The number of hydrogen-bond donors (Lipinski definition) is 0. The summed E-state index contributed by atoms with van der Waals surface area (Å²) in [7, 11) is 0. The van der Waals surface area contributed by atoms with E-state index in [1.807, 2.05) is 12.1 Å². The number of epoxide rings is 1. The first-order valence-corrected chi connectivity index (χ1v) is 4.03. The molecule has 1 atom stereocenters. The molecule has 11 heavy (non-hydrogen) atoms. The zero-order chi connectivity index (χ0) is 7.84. The van der Waals surface area contributed by atoms with Crippen molar-refractivity contribution in [3.05, 3.63) is 34.3 Å². The van der Waals surface area contributed by atoms with Crippen molar-refractivity contribution in [1.29, 1.82) is 0 Å². The zero-order valence-electron chi connectivity index (χ0n) is 6.30. The first-order valence-electron chi connectivity index (χ1n) is 3.65. The van der Waals surface area contributed by atoms with Crippen molar-refractivity contribution in [2.45, 2.75) is 13.0 Å². The molecule has 0 N–H and O–H groups in total. The Morgan fingerprint density at radius 2 is 2.27 bits per heavy atom. The molecule has 58 valence electrons. The van der Waals surface area contributed by atoms with Gasteiger partial charge in [-0.3, -0.25) is 0 Å². The van der Waals surface area contributed by atoms with E-state index in [1.54, 1.807) is 0 Å². The number of halogens is 1. The lowest BCUT2D eigenvalue weighted by atomic mass is 10.1. The monoisotopic (exact) mass is 168 g/mol. The summed E-state index contributed by atoms with van der Waals surface area (Å²) in [5, 5.41) is 0.826. The molecule has 0 bridgehead atoms. The van der Waals surface area contributed by atoms with Gasteiger partial charge < -0.3 is 4.74 Å². The van der Waals surface area contributed by atoms with Crippen molar-refractivity contribution in [3.63, 3.8) is 0 Å². The van der Waals surface area contributed by atoms with Gasteiger partial charge in [0.15, 0.2) is 0 Å². The predicted molar refractivity (Wildman–Crippen MR) is 44.9 cm³/mol. The summed E-state index contributed by atoms with van der Waals surface area (Å²) in [4.78, 5) is 0. The third kappa shape index (κ3) is 1.26. The van der Waals surface area contributed by atoms with Crippen LogP contribution in [0.4, 0.5) is 0 Å². The lowest BCUT2D eigenvalue weighted by molar-refractivity contribution is 0.415. The molecular weight excluding hydrogens is 160 g/mol.